The third-order valence-electron chi connectivity index (χ3n) is 4.89. The summed E-state index contributed by atoms with van der Waals surface area (Å²) in [6.45, 7) is 7.13. The first-order valence-corrected chi connectivity index (χ1v) is 10.4. The molecule has 0 atom stereocenters. The van der Waals surface area contributed by atoms with Crippen LogP contribution in [0.25, 0.3) is 5.65 Å². The average molecular weight is 448 g/mol. The van der Waals surface area contributed by atoms with E-state index in [1.54, 1.807) is 6.20 Å². The molecule has 2 N–H and O–H groups in total. The van der Waals surface area contributed by atoms with E-state index in [9.17, 15) is 0 Å². The Labute approximate surface area is 173 Å². The number of likely N-dealkylation sites (N-methyl/N-ethyl adjacent to an activating group) is 1. The van der Waals surface area contributed by atoms with Crippen LogP contribution in [-0.2, 0) is 4.74 Å². The highest BCUT2D eigenvalue weighted by molar-refractivity contribution is 9.10. The van der Waals surface area contributed by atoms with Gasteiger partial charge in [-0.15, -0.1) is 0 Å². The van der Waals surface area contributed by atoms with Gasteiger partial charge in [-0.05, 0) is 33.8 Å². The van der Waals surface area contributed by atoms with Crippen molar-refractivity contribution in [2.24, 2.45) is 0 Å². The summed E-state index contributed by atoms with van der Waals surface area (Å²) in [5, 5.41) is 11.4. The average Bonchev–Trinajstić information content (AvgIpc) is 3.08. The molecule has 2 aliphatic heterocycles. The highest BCUT2D eigenvalue weighted by Gasteiger charge is 2.13. The van der Waals surface area contributed by atoms with E-state index in [-0.39, 0.29) is 0 Å². The molecule has 0 bridgehead atoms. The van der Waals surface area contributed by atoms with Gasteiger partial charge < -0.3 is 20.3 Å². The number of rotatable bonds is 7. The SMILES string of the molecule is CN1C=CC=C(CNc2cc(NCCN3CCOCC3)nc3c(Br)cnn23)C1. The molecule has 0 amide bonds. The number of allylic oxidation sites excluding steroid dienone is 2. The Balaban J connectivity index is 1.44. The van der Waals surface area contributed by atoms with E-state index >= 15 is 0 Å². The Morgan fingerprint density at radius 1 is 1.25 bits per heavy atom. The number of ether oxygens (including phenoxy) is 1. The fourth-order valence-electron chi connectivity index (χ4n) is 3.39. The van der Waals surface area contributed by atoms with Crippen LogP contribution < -0.4 is 10.6 Å². The number of hydrogen-bond acceptors (Lipinski definition) is 7. The number of nitrogens with one attached hydrogen (secondary N) is 2. The summed E-state index contributed by atoms with van der Waals surface area (Å²) in [5.74, 6) is 1.77. The fourth-order valence-corrected chi connectivity index (χ4v) is 3.74. The fraction of sp³-hybridized carbons (Fsp3) is 0.474. The van der Waals surface area contributed by atoms with Gasteiger partial charge in [-0.3, -0.25) is 4.90 Å². The molecule has 1 saturated heterocycles. The summed E-state index contributed by atoms with van der Waals surface area (Å²) in [4.78, 5) is 9.28. The maximum atomic E-state index is 5.41. The zero-order chi connectivity index (χ0) is 19.3. The van der Waals surface area contributed by atoms with Crippen molar-refractivity contribution in [3.63, 3.8) is 0 Å². The molecule has 2 aromatic rings. The quantitative estimate of drug-likeness (QED) is 0.672. The van der Waals surface area contributed by atoms with Crippen molar-refractivity contribution in [1.29, 1.82) is 0 Å². The van der Waals surface area contributed by atoms with Gasteiger partial charge in [-0.2, -0.15) is 9.61 Å². The summed E-state index contributed by atoms with van der Waals surface area (Å²) < 4.78 is 8.12. The van der Waals surface area contributed by atoms with Crippen molar-refractivity contribution in [2.75, 3.05) is 70.2 Å². The van der Waals surface area contributed by atoms with Crippen LogP contribution >= 0.6 is 15.9 Å². The minimum atomic E-state index is 0.762. The Kier molecular flexibility index (Phi) is 6.13. The highest BCUT2D eigenvalue weighted by atomic mass is 79.9. The van der Waals surface area contributed by atoms with Crippen molar-refractivity contribution in [3.05, 3.63) is 40.7 Å². The van der Waals surface area contributed by atoms with Crippen LogP contribution in [0, 0.1) is 0 Å². The van der Waals surface area contributed by atoms with Crippen molar-refractivity contribution < 1.29 is 4.74 Å². The number of halogens is 1. The number of hydrogen-bond donors (Lipinski definition) is 2. The maximum absolute atomic E-state index is 5.41. The standard InChI is InChI=1S/C19H26BrN7O/c1-25-5-2-3-15(14-25)12-22-18-11-17(24-19-16(20)13-23-27(18)19)21-4-6-26-7-9-28-10-8-26/h2-3,5,11,13,22H,4,6-10,12,14H2,1H3,(H,21,24). The molecular formula is C19H26BrN7O. The topological polar surface area (TPSA) is 70.0 Å². The third-order valence-corrected chi connectivity index (χ3v) is 5.45. The molecule has 2 aromatic heterocycles. The molecule has 8 nitrogen and oxygen atoms in total. The number of morpholine rings is 1. The van der Waals surface area contributed by atoms with E-state index in [4.69, 9.17) is 9.72 Å². The minimum absolute atomic E-state index is 0.762. The van der Waals surface area contributed by atoms with Crippen molar-refractivity contribution in [2.45, 2.75) is 0 Å². The van der Waals surface area contributed by atoms with Gasteiger partial charge in [0.1, 0.15) is 11.6 Å². The predicted molar refractivity (Wildman–Crippen MR) is 115 cm³/mol. The van der Waals surface area contributed by atoms with Crippen LogP contribution in [0.5, 0.6) is 0 Å². The number of nitrogens with zero attached hydrogens (tertiary/aromatic N) is 5. The number of aromatic nitrogens is 3. The second-order valence-electron chi connectivity index (χ2n) is 7.07. The monoisotopic (exact) mass is 447 g/mol. The first-order valence-electron chi connectivity index (χ1n) is 9.57. The van der Waals surface area contributed by atoms with Gasteiger partial charge in [0, 0.05) is 52.4 Å². The van der Waals surface area contributed by atoms with Gasteiger partial charge >= 0.3 is 0 Å². The van der Waals surface area contributed by atoms with Gasteiger partial charge in [0.25, 0.3) is 0 Å². The molecule has 0 aromatic carbocycles. The molecule has 0 aliphatic carbocycles. The molecule has 0 unspecified atom stereocenters. The molecule has 4 rings (SSSR count). The van der Waals surface area contributed by atoms with E-state index in [1.807, 2.05) is 10.6 Å². The van der Waals surface area contributed by atoms with E-state index in [0.29, 0.717) is 0 Å². The lowest BCUT2D eigenvalue weighted by Gasteiger charge is -2.26. The largest absolute Gasteiger partial charge is 0.379 e. The summed E-state index contributed by atoms with van der Waals surface area (Å²) in [5.41, 5.74) is 2.12. The lowest BCUT2D eigenvalue weighted by Crippen LogP contribution is -2.39. The molecule has 0 radical (unpaired) electrons. The maximum Gasteiger partial charge on any atom is 0.173 e. The van der Waals surface area contributed by atoms with Crippen LogP contribution in [0.2, 0.25) is 0 Å². The van der Waals surface area contributed by atoms with Crippen LogP contribution in [0.15, 0.2) is 40.7 Å². The normalized spacial score (nSPS) is 17.8. The summed E-state index contributed by atoms with van der Waals surface area (Å²) in [6.07, 6.45) is 8.09. The minimum Gasteiger partial charge on any atom is -0.379 e. The molecule has 28 heavy (non-hydrogen) atoms. The number of fused-ring (bicyclic) bond motifs is 1. The molecule has 150 valence electrons. The van der Waals surface area contributed by atoms with Gasteiger partial charge in [0.15, 0.2) is 5.65 Å². The van der Waals surface area contributed by atoms with Crippen LogP contribution in [0.1, 0.15) is 0 Å². The molecule has 4 heterocycles. The first-order chi connectivity index (χ1) is 13.7. The lowest BCUT2D eigenvalue weighted by molar-refractivity contribution is 0.0398. The zero-order valence-electron chi connectivity index (χ0n) is 16.1. The van der Waals surface area contributed by atoms with Crippen LogP contribution in [0.4, 0.5) is 11.6 Å². The van der Waals surface area contributed by atoms with Gasteiger partial charge in [0.2, 0.25) is 0 Å². The van der Waals surface area contributed by atoms with Crippen molar-refractivity contribution in [3.8, 4) is 0 Å². The summed E-state index contributed by atoms with van der Waals surface area (Å²) in [7, 11) is 2.08. The zero-order valence-corrected chi connectivity index (χ0v) is 17.7. The third kappa shape index (κ3) is 4.65. The van der Waals surface area contributed by atoms with E-state index in [2.05, 4.69) is 66.9 Å². The summed E-state index contributed by atoms with van der Waals surface area (Å²) >= 11 is 3.55. The first kappa shape index (κ1) is 19.2. The van der Waals surface area contributed by atoms with Gasteiger partial charge in [-0.1, -0.05) is 6.08 Å². The molecule has 0 saturated carbocycles. The predicted octanol–water partition coefficient (Wildman–Crippen LogP) is 2.03. The van der Waals surface area contributed by atoms with Crippen molar-refractivity contribution >= 4 is 33.2 Å². The second kappa shape index (κ2) is 8.93. The molecule has 1 fully saturated rings. The van der Waals surface area contributed by atoms with Crippen LogP contribution in [0.3, 0.4) is 0 Å². The van der Waals surface area contributed by atoms with Crippen molar-refractivity contribution in [1.82, 2.24) is 24.4 Å². The summed E-state index contributed by atoms with van der Waals surface area (Å²) in [6, 6.07) is 2.02. The number of anilines is 2. The highest BCUT2D eigenvalue weighted by Crippen LogP contribution is 2.22. The Morgan fingerprint density at radius 2 is 2.11 bits per heavy atom. The smallest absolute Gasteiger partial charge is 0.173 e. The molecule has 2 aliphatic rings. The van der Waals surface area contributed by atoms with Crippen LogP contribution in [-0.4, -0.2) is 83.9 Å². The molecule has 9 heteroatoms. The van der Waals surface area contributed by atoms with Gasteiger partial charge in [-0.25, -0.2) is 4.98 Å². The Hall–Kier alpha value is -2.10. The Morgan fingerprint density at radius 3 is 2.93 bits per heavy atom. The second-order valence-corrected chi connectivity index (χ2v) is 7.92. The van der Waals surface area contributed by atoms with E-state index in [0.717, 1.165) is 74.2 Å². The Bertz CT molecular complexity index is 873. The van der Waals surface area contributed by atoms with E-state index in [1.165, 1.54) is 5.57 Å². The van der Waals surface area contributed by atoms with E-state index < -0.39 is 0 Å². The lowest BCUT2D eigenvalue weighted by atomic mass is 10.2. The van der Waals surface area contributed by atoms with Gasteiger partial charge in [0.05, 0.1) is 23.9 Å². The molecular weight excluding hydrogens is 422 g/mol. The molecule has 0 spiro atoms.